The molecule has 0 saturated heterocycles. The molecule has 4 nitrogen and oxygen atoms in total. The van der Waals surface area contributed by atoms with E-state index >= 15 is 0 Å². The minimum absolute atomic E-state index is 0.402. The van der Waals surface area contributed by atoms with Crippen LogP contribution in [-0.2, 0) is 18.1 Å². The summed E-state index contributed by atoms with van der Waals surface area (Å²) in [5.74, 6) is 1.42. The first-order chi connectivity index (χ1) is 10.8. The van der Waals surface area contributed by atoms with Crippen molar-refractivity contribution in [1.29, 1.82) is 0 Å². The number of aromatic nitrogens is 4. The Kier molecular flexibility index (Phi) is 3.38. The largest absolute Gasteiger partial charge is 0.268 e. The summed E-state index contributed by atoms with van der Waals surface area (Å²) in [6, 6.07) is 10.1. The van der Waals surface area contributed by atoms with Gasteiger partial charge in [-0.1, -0.05) is 30.3 Å². The van der Waals surface area contributed by atoms with Crippen LogP contribution >= 0.6 is 11.8 Å². The highest BCUT2D eigenvalue weighted by molar-refractivity contribution is 7.98. The lowest BCUT2D eigenvalue weighted by Gasteiger charge is -2.02. The normalized spacial score (nSPS) is 13.3. The topological polar surface area (TPSA) is 43.6 Å². The highest BCUT2D eigenvalue weighted by Crippen LogP contribution is 2.31. The molecule has 0 unspecified atom stereocenters. The standard InChI is InChI=1S/C16H13FN4S/c17-15-13-9-22-10-14(13)19-16(20-15)12-6-18-21(8-12)7-11-4-2-1-3-5-11/h1-6,8H,7,9-10H2. The van der Waals surface area contributed by atoms with Gasteiger partial charge in [0.2, 0.25) is 5.95 Å². The molecule has 0 saturated carbocycles. The molecular weight excluding hydrogens is 299 g/mol. The molecule has 2 aromatic heterocycles. The Morgan fingerprint density at radius 3 is 2.86 bits per heavy atom. The van der Waals surface area contributed by atoms with Crippen molar-refractivity contribution in [2.45, 2.75) is 18.1 Å². The van der Waals surface area contributed by atoms with E-state index in [1.54, 1.807) is 18.0 Å². The number of halogens is 1. The summed E-state index contributed by atoms with van der Waals surface area (Å²) < 4.78 is 15.8. The Hall–Kier alpha value is -2.21. The number of fused-ring (bicyclic) bond motifs is 1. The fourth-order valence-electron chi connectivity index (χ4n) is 2.48. The highest BCUT2D eigenvalue weighted by atomic mass is 32.2. The summed E-state index contributed by atoms with van der Waals surface area (Å²) in [6.45, 7) is 0.671. The number of hydrogen-bond acceptors (Lipinski definition) is 4. The summed E-state index contributed by atoms with van der Waals surface area (Å²) in [6.07, 6.45) is 3.54. The first-order valence-corrected chi connectivity index (χ1v) is 8.15. The van der Waals surface area contributed by atoms with Gasteiger partial charge in [-0.25, -0.2) is 4.98 Å². The first kappa shape index (κ1) is 13.5. The van der Waals surface area contributed by atoms with Gasteiger partial charge in [0.1, 0.15) is 0 Å². The van der Waals surface area contributed by atoms with E-state index in [1.807, 2.05) is 41.2 Å². The molecule has 0 radical (unpaired) electrons. The molecule has 0 fully saturated rings. The number of nitrogens with zero attached hydrogens (tertiary/aromatic N) is 4. The van der Waals surface area contributed by atoms with Crippen LogP contribution in [0.3, 0.4) is 0 Å². The van der Waals surface area contributed by atoms with E-state index in [4.69, 9.17) is 0 Å². The summed E-state index contributed by atoms with van der Waals surface area (Å²) in [5.41, 5.74) is 3.36. The second-order valence-corrected chi connectivity index (χ2v) is 6.15. The van der Waals surface area contributed by atoms with E-state index in [-0.39, 0.29) is 0 Å². The third-order valence-corrected chi connectivity index (χ3v) is 4.58. The molecule has 0 atom stereocenters. The molecule has 3 aromatic rings. The lowest BCUT2D eigenvalue weighted by atomic mass is 10.2. The molecule has 1 aromatic carbocycles. The zero-order valence-corrected chi connectivity index (χ0v) is 12.6. The quantitative estimate of drug-likeness (QED) is 0.696. The molecule has 0 amide bonds. The minimum atomic E-state index is -0.402. The van der Waals surface area contributed by atoms with Crippen LogP contribution in [0.15, 0.2) is 42.7 Å². The van der Waals surface area contributed by atoms with E-state index in [0.717, 1.165) is 22.6 Å². The van der Waals surface area contributed by atoms with Crippen LogP contribution in [0.25, 0.3) is 11.4 Å². The minimum Gasteiger partial charge on any atom is -0.268 e. The summed E-state index contributed by atoms with van der Waals surface area (Å²) in [7, 11) is 0. The smallest absolute Gasteiger partial charge is 0.220 e. The maximum absolute atomic E-state index is 14.0. The number of hydrogen-bond donors (Lipinski definition) is 0. The van der Waals surface area contributed by atoms with Crippen LogP contribution in [0.5, 0.6) is 0 Å². The van der Waals surface area contributed by atoms with Gasteiger partial charge in [-0.05, 0) is 5.56 Å². The van der Waals surface area contributed by atoms with Crippen molar-refractivity contribution in [3.05, 3.63) is 65.5 Å². The summed E-state index contributed by atoms with van der Waals surface area (Å²) >= 11 is 1.66. The second kappa shape index (κ2) is 5.53. The van der Waals surface area contributed by atoms with E-state index in [2.05, 4.69) is 15.1 Å². The lowest BCUT2D eigenvalue weighted by molar-refractivity contribution is 0.569. The van der Waals surface area contributed by atoms with Gasteiger partial charge >= 0.3 is 0 Å². The average molecular weight is 312 g/mol. The van der Waals surface area contributed by atoms with Crippen molar-refractivity contribution in [2.24, 2.45) is 0 Å². The van der Waals surface area contributed by atoms with Gasteiger partial charge in [0.25, 0.3) is 0 Å². The molecule has 3 heterocycles. The Labute approximate surface area is 131 Å². The van der Waals surface area contributed by atoms with Gasteiger partial charge in [0.15, 0.2) is 5.82 Å². The summed E-state index contributed by atoms with van der Waals surface area (Å²) in [4.78, 5) is 8.47. The molecular formula is C16H13FN4S. The van der Waals surface area contributed by atoms with E-state index < -0.39 is 5.95 Å². The maximum atomic E-state index is 14.0. The SMILES string of the molecule is Fc1nc(-c2cnn(Cc3ccccc3)c2)nc2c1CSC2. The van der Waals surface area contributed by atoms with Crippen molar-refractivity contribution in [3.8, 4) is 11.4 Å². The average Bonchev–Trinajstić information content (AvgIpc) is 3.17. The summed E-state index contributed by atoms with van der Waals surface area (Å²) in [5, 5.41) is 4.32. The van der Waals surface area contributed by atoms with E-state index in [1.165, 1.54) is 0 Å². The van der Waals surface area contributed by atoms with Crippen molar-refractivity contribution in [2.75, 3.05) is 0 Å². The fourth-order valence-corrected chi connectivity index (χ4v) is 3.50. The molecule has 0 aliphatic carbocycles. The van der Waals surface area contributed by atoms with Gasteiger partial charge in [0, 0.05) is 23.3 Å². The van der Waals surface area contributed by atoms with Gasteiger partial charge in [-0.2, -0.15) is 26.2 Å². The van der Waals surface area contributed by atoms with Gasteiger partial charge in [0.05, 0.1) is 24.0 Å². The number of benzene rings is 1. The molecule has 22 heavy (non-hydrogen) atoms. The van der Waals surface area contributed by atoms with Crippen molar-refractivity contribution in [1.82, 2.24) is 19.7 Å². The molecule has 0 N–H and O–H groups in total. The van der Waals surface area contributed by atoms with Gasteiger partial charge in [-0.3, -0.25) is 4.68 Å². The van der Waals surface area contributed by atoms with Crippen LogP contribution in [0.2, 0.25) is 0 Å². The van der Waals surface area contributed by atoms with Crippen LogP contribution in [0.1, 0.15) is 16.8 Å². The van der Waals surface area contributed by atoms with Crippen molar-refractivity contribution >= 4 is 11.8 Å². The zero-order valence-electron chi connectivity index (χ0n) is 11.7. The molecule has 1 aliphatic rings. The lowest BCUT2D eigenvalue weighted by Crippen LogP contribution is -2.01. The Morgan fingerprint density at radius 2 is 2.00 bits per heavy atom. The Balaban J connectivity index is 1.63. The number of thioether (sulfide) groups is 1. The van der Waals surface area contributed by atoms with Crippen LogP contribution in [-0.4, -0.2) is 19.7 Å². The molecule has 110 valence electrons. The Bertz CT molecular complexity index is 816. The van der Waals surface area contributed by atoms with Crippen LogP contribution < -0.4 is 0 Å². The van der Waals surface area contributed by atoms with Crippen molar-refractivity contribution in [3.63, 3.8) is 0 Å². The molecule has 1 aliphatic heterocycles. The fraction of sp³-hybridized carbons (Fsp3) is 0.188. The van der Waals surface area contributed by atoms with Crippen molar-refractivity contribution < 1.29 is 4.39 Å². The van der Waals surface area contributed by atoms with Gasteiger partial charge in [-0.15, -0.1) is 0 Å². The van der Waals surface area contributed by atoms with Crippen LogP contribution in [0.4, 0.5) is 4.39 Å². The zero-order chi connectivity index (χ0) is 14.9. The Morgan fingerprint density at radius 1 is 1.14 bits per heavy atom. The van der Waals surface area contributed by atoms with E-state index in [0.29, 0.717) is 23.7 Å². The molecule has 0 spiro atoms. The third-order valence-electron chi connectivity index (χ3n) is 3.61. The maximum Gasteiger partial charge on any atom is 0.220 e. The second-order valence-electron chi connectivity index (χ2n) is 5.17. The van der Waals surface area contributed by atoms with Crippen LogP contribution in [0, 0.1) is 5.95 Å². The predicted molar refractivity (Wildman–Crippen MR) is 83.8 cm³/mol. The first-order valence-electron chi connectivity index (χ1n) is 6.99. The molecule has 6 heteroatoms. The highest BCUT2D eigenvalue weighted by Gasteiger charge is 2.20. The third kappa shape index (κ3) is 2.50. The number of rotatable bonds is 3. The molecule has 0 bridgehead atoms. The van der Waals surface area contributed by atoms with E-state index in [9.17, 15) is 4.39 Å². The van der Waals surface area contributed by atoms with Gasteiger partial charge < -0.3 is 0 Å². The monoisotopic (exact) mass is 312 g/mol. The molecule has 4 rings (SSSR count). The predicted octanol–water partition coefficient (Wildman–Crippen LogP) is 3.27.